The highest BCUT2D eigenvalue weighted by Crippen LogP contribution is 2.04. The van der Waals surface area contributed by atoms with Crippen molar-refractivity contribution in [3.05, 3.63) is 47.7 Å². The van der Waals surface area contributed by atoms with Gasteiger partial charge in [0.2, 0.25) is 0 Å². The summed E-state index contributed by atoms with van der Waals surface area (Å²) >= 11 is 0. The van der Waals surface area contributed by atoms with Gasteiger partial charge < -0.3 is 5.32 Å². The Bertz CT molecular complexity index is 272. The molecule has 1 aromatic rings. The van der Waals surface area contributed by atoms with E-state index in [0.717, 1.165) is 18.7 Å². The van der Waals surface area contributed by atoms with Crippen LogP contribution in [-0.4, -0.2) is 0 Å². The molecule has 15 heavy (non-hydrogen) atoms. The molecule has 0 spiro atoms. The lowest BCUT2D eigenvalue weighted by molar-refractivity contribution is 0.815. The van der Waals surface area contributed by atoms with Crippen LogP contribution in [0.1, 0.15) is 38.8 Å². The van der Waals surface area contributed by atoms with Gasteiger partial charge in [0.15, 0.2) is 0 Å². The van der Waals surface area contributed by atoms with Crippen LogP contribution < -0.4 is 5.32 Å². The largest absolute Gasteiger partial charge is 0.385 e. The highest BCUT2D eigenvalue weighted by Gasteiger charge is 1.92. The molecule has 0 atom stereocenters. The van der Waals surface area contributed by atoms with Gasteiger partial charge in [0, 0.05) is 12.2 Å². The van der Waals surface area contributed by atoms with Gasteiger partial charge in [-0.1, -0.05) is 51.6 Å². The molecule has 0 saturated carbocycles. The van der Waals surface area contributed by atoms with E-state index < -0.39 is 0 Å². The lowest BCUT2D eigenvalue weighted by Gasteiger charge is -2.05. The Labute approximate surface area is 94.2 Å². The van der Waals surface area contributed by atoms with Gasteiger partial charge >= 0.3 is 0 Å². The molecule has 0 bridgehead atoms. The van der Waals surface area contributed by atoms with Gasteiger partial charge in [-0.2, -0.15) is 0 Å². The monoisotopic (exact) mass is 205 g/mol. The fourth-order valence-electron chi connectivity index (χ4n) is 1.15. The van der Waals surface area contributed by atoms with E-state index in [9.17, 15) is 0 Å². The van der Waals surface area contributed by atoms with Gasteiger partial charge in [0.25, 0.3) is 0 Å². The maximum absolute atomic E-state index is 3.79. The fourth-order valence-corrected chi connectivity index (χ4v) is 1.15. The quantitative estimate of drug-likeness (QED) is 0.786. The van der Waals surface area contributed by atoms with Crippen molar-refractivity contribution in [3.63, 3.8) is 0 Å². The van der Waals surface area contributed by atoms with Crippen molar-refractivity contribution in [2.24, 2.45) is 0 Å². The summed E-state index contributed by atoms with van der Waals surface area (Å²) in [5.41, 5.74) is 3.71. The van der Waals surface area contributed by atoms with Crippen LogP contribution in [-0.2, 0) is 13.0 Å². The van der Waals surface area contributed by atoms with Gasteiger partial charge in [-0.3, -0.25) is 0 Å². The molecule has 1 heteroatoms. The van der Waals surface area contributed by atoms with E-state index in [2.05, 4.69) is 43.1 Å². The predicted molar refractivity (Wildman–Crippen MR) is 68.8 cm³/mol. The third kappa shape index (κ3) is 5.95. The molecule has 1 aromatic carbocycles. The Kier molecular flexibility index (Phi) is 7.43. The van der Waals surface area contributed by atoms with E-state index >= 15 is 0 Å². The zero-order chi connectivity index (χ0) is 11.7. The first-order valence-electron chi connectivity index (χ1n) is 5.69. The van der Waals surface area contributed by atoms with Crippen molar-refractivity contribution in [1.82, 2.24) is 5.32 Å². The first-order valence-corrected chi connectivity index (χ1v) is 5.69. The fraction of sp³-hybridized carbons (Fsp3) is 0.429. The van der Waals surface area contributed by atoms with E-state index in [0.29, 0.717) is 0 Å². The minimum Gasteiger partial charge on any atom is -0.385 e. The number of hydrogen-bond donors (Lipinski definition) is 1. The molecule has 1 nitrogen and oxygen atoms in total. The first-order chi connectivity index (χ1) is 7.22. The van der Waals surface area contributed by atoms with Crippen LogP contribution in [0, 0.1) is 0 Å². The zero-order valence-electron chi connectivity index (χ0n) is 10.4. The number of benzene rings is 1. The van der Waals surface area contributed by atoms with E-state index in [1.54, 1.807) is 0 Å². The van der Waals surface area contributed by atoms with Crippen LogP contribution in [0.3, 0.4) is 0 Å². The molecular weight excluding hydrogens is 182 g/mol. The van der Waals surface area contributed by atoms with Gasteiger partial charge in [-0.05, 0) is 24.5 Å². The number of nitrogens with one attached hydrogen (secondary N) is 1. The Morgan fingerprint density at radius 1 is 1.13 bits per heavy atom. The molecular formula is C14H23N. The maximum Gasteiger partial charge on any atom is 0.0397 e. The van der Waals surface area contributed by atoms with Crippen molar-refractivity contribution >= 4 is 0 Å². The third-order valence-corrected chi connectivity index (χ3v) is 2.03. The van der Waals surface area contributed by atoms with Crippen LogP contribution in [0.4, 0.5) is 0 Å². The normalized spacial score (nSPS) is 8.80. The number of rotatable bonds is 4. The summed E-state index contributed by atoms with van der Waals surface area (Å²) in [7, 11) is 0. The van der Waals surface area contributed by atoms with Crippen molar-refractivity contribution in [1.29, 1.82) is 0 Å². The molecule has 0 fully saturated rings. The predicted octanol–water partition coefficient (Wildman–Crippen LogP) is 3.90. The summed E-state index contributed by atoms with van der Waals surface area (Å²) < 4.78 is 0. The molecule has 1 rings (SSSR count). The highest BCUT2D eigenvalue weighted by molar-refractivity contribution is 5.22. The second-order valence-corrected chi connectivity index (χ2v) is 3.30. The molecule has 0 heterocycles. The first kappa shape index (κ1) is 13.8. The van der Waals surface area contributed by atoms with E-state index in [1.165, 1.54) is 11.1 Å². The lowest BCUT2D eigenvalue weighted by Crippen LogP contribution is -2.08. The van der Waals surface area contributed by atoms with Crippen LogP contribution in [0.15, 0.2) is 36.5 Å². The number of aryl methyl sites for hydroxylation is 1. The topological polar surface area (TPSA) is 12.0 Å². The zero-order valence-corrected chi connectivity index (χ0v) is 10.4. The average molecular weight is 205 g/mol. The van der Waals surface area contributed by atoms with E-state index in [-0.39, 0.29) is 0 Å². The van der Waals surface area contributed by atoms with Crippen LogP contribution in [0.2, 0.25) is 0 Å². The Balaban J connectivity index is 0.000000921. The second-order valence-electron chi connectivity index (χ2n) is 3.30. The lowest BCUT2D eigenvalue weighted by atomic mass is 10.1. The van der Waals surface area contributed by atoms with Crippen molar-refractivity contribution < 1.29 is 0 Å². The van der Waals surface area contributed by atoms with Gasteiger partial charge in [0.1, 0.15) is 0 Å². The molecule has 0 saturated heterocycles. The van der Waals surface area contributed by atoms with Crippen molar-refractivity contribution in [2.75, 3.05) is 0 Å². The Morgan fingerprint density at radius 2 is 1.60 bits per heavy atom. The molecule has 0 aliphatic carbocycles. The minimum absolute atomic E-state index is 0.874. The average Bonchev–Trinajstić information content (AvgIpc) is 2.30. The molecule has 0 amide bonds. The summed E-state index contributed by atoms with van der Waals surface area (Å²) in [6.07, 6.45) is 1.11. The Morgan fingerprint density at radius 3 is 2.00 bits per heavy atom. The summed E-state index contributed by atoms with van der Waals surface area (Å²) in [5, 5.41) is 3.20. The van der Waals surface area contributed by atoms with Crippen LogP contribution in [0.25, 0.3) is 0 Å². The Hall–Kier alpha value is -1.24. The van der Waals surface area contributed by atoms with Gasteiger partial charge in [-0.15, -0.1) is 0 Å². The van der Waals surface area contributed by atoms with Crippen molar-refractivity contribution in [2.45, 2.75) is 40.7 Å². The summed E-state index contributed by atoms with van der Waals surface area (Å²) in [4.78, 5) is 0. The van der Waals surface area contributed by atoms with E-state index in [4.69, 9.17) is 0 Å². The highest BCUT2D eigenvalue weighted by atomic mass is 14.9. The third-order valence-electron chi connectivity index (χ3n) is 2.03. The number of hydrogen-bond acceptors (Lipinski definition) is 1. The summed E-state index contributed by atoms with van der Waals surface area (Å²) in [6.45, 7) is 12.8. The minimum atomic E-state index is 0.874. The molecule has 0 aliphatic rings. The van der Waals surface area contributed by atoms with E-state index in [1.807, 2.05) is 20.8 Å². The molecule has 0 unspecified atom stereocenters. The number of allylic oxidation sites excluding steroid dienone is 1. The van der Waals surface area contributed by atoms with Crippen LogP contribution in [0.5, 0.6) is 0 Å². The second kappa shape index (κ2) is 8.10. The summed E-state index contributed by atoms with van der Waals surface area (Å²) in [5.74, 6) is 0. The molecule has 84 valence electrons. The molecule has 0 radical (unpaired) electrons. The molecule has 0 aliphatic heterocycles. The standard InChI is InChI=1S/C12H17N.C2H6/c1-4-11-5-7-12(8-6-11)9-13-10(2)3;1-2/h5-8,13H,2,4,9H2,1,3H3;1-2H3. The summed E-state index contributed by atoms with van der Waals surface area (Å²) in [6, 6.07) is 8.68. The molecule has 1 N–H and O–H groups in total. The molecule has 0 aromatic heterocycles. The van der Waals surface area contributed by atoms with Gasteiger partial charge in [0.05, 0.1) is 0 Å². The SMILES string of the molecule is C=C(C)NCc1ccc(CC)cc1.CC. The van der Waals surface area contributed by atoms with Gasteiger partial charge in [-0.25, -0.2) is 0 Å². The van der Waals surface area contributed by atoms with Crippen LogP contribution >= 0.6 is 0 Å². The smallest absolute Gasteiger partial charge is 0.0397 e. The maximum atomic E-state index is 3.79. The van der Waals surface area contributed by atoms with Crippen molar-refractivity contribution in [3.8, 4) is 0 Å².